The minimum Gasteiger partial charge on any atom is -0.480 e. The molecule has 0 rings (SSSR count). The quantitative estimate of drug-likeness (QED) is 0.0778. The molecule has 0 radical (unpaired) electrons. The number of likely N-dealkylation sites (N-methyl/N-ethyl adjacent to an activating group) is 1. The summed E-state index contributed by atoms with van der Waals surface area (Å²) in [6, 6.07) is 0. The summed E-state index contributed by atoms with van der Waals surface area (Å²) in [6.45, 7) is -0.330. The second-order valence-corrected chi connectivity index (χ2v) is 8.18. The first-order valence-electron chi connectivity index (χ1n) is 10.7. The number of rotatable bonds is 16. The third-order valence-electron chi connectivity index (χ3n) is 3.58. The highest BCUT2D eigenvalue weighted by Gasteiger charge is 2.19. The van der Waals surface area contributed by atoms with Crippen molar-refractivity contribution in [2.75, 3.05) is 93.4 Å². The number of esters is 1. The summed E-state index contributed by atoms with van der Waals surface area (Å²) in [5.74, 6) is -4.59. The topological polar surface area (TPSA) is 226 Å². The Balaban J connectivity index is -0.000000857. The third-order valence-corrected chi connectivity index (χ3v) is 3.58. The molecule has 0 aliphatic rings. The zero-order valence-corrected chi connectivity index (χ0v) is 20.9. The van der Waals surface area contributed by atoms with E-state index in [4.69, 9.17) is 35.7 Å². The second kappa shape index (κ2) is 22.1. The molecule has 0 aliphatic carbocycles. The van der Waals surface area contributed by atoms with Gasteiger partial charge in [-0.3, -0.25) is 29.0 Å². The Kier molecular flexibility index (Phi) is 23.4. The van der Waals surface area contributed by atoms with Gasteiger partial charge in [-0.15, -0.1) is 0 Å². The number of aliphatic hydroxyl groups excluding tert-OH is 4. The number of hydrogen-bond acceptors (Lipinski definition) is 11. The summed E-state index contributed by atoms with van der Waals surface area (Å²) in [5, 5.41) is 60.0. The van der Waals surface area contributed by atoms with Crippen molar-refractivity contribution in [1.82, 2.24) is 9.80 Å². The maximum Gasteiger partial charge on any atom is 0.320 e. The predicted octanol–water partition coefficient (Wildman–Crippen LogP) is -3.58. The zero-order valence-electron chi connectivity index (χ0n) is 20.9. The SMILES string of the molecule is CCO.C[N+](C)(C)CCO.O=C(O)CN(CCN(CC(=O)O)CC(=O)OCC(O)CO)CC(=O)O. The van der Waals surface area contributed by atoms with E-state index in [2.05, 4.69) is 25.9 Å². The summed E-state index contributed by atoms with van der Waals surface area (Å²) in [5.41, 5.74) is 0. The van der Waals surface area contributed by atoms with Crippen molar-refractivity contribution in [2.45, 2.75) is 13.0 Å². The van der Waals surface area contributed by atoms with Gasteiger partial charge in [0.2, 0.25) is 0 Å². The number of nitrogens with zero attached hydrogens (tertiary/aromatic N) is 3. The van der Waals surface area contributed by atoms with E-state index >= 15 is 0 Å². The van der Waals surface area contributed by atoms with Crippen LogP contribution in [0.15, 0.2) is 0 Å². The number of carbonyl (C=O) groups is 4. The number of aliphatic carboxylic acids is 3. The van der Waals surface area contributed by atoms with Crippen LogP contribution in [0.25, 0.3) is 0 Å². The molecule has 0 aromatic heterocycles. The van der Waals surface area contributed by atoms with Crippen molar-refractivity contribution in [3.05, 3.63) is 0 Å². The van der Waals surface area contributed by atoms with E-state index in [0.717, 1.165) is 20.8 Å². The van der Waals surface area contributed by atoms with E-state index in [1.165, 1.54) is 0 Å². The number of carboxylic acid groups (broad SMARTS) is 3. The van der Waals surface area contributed by atoms with Crippen LogP contribution in [-0.2, 0) is 23.9 Å². The summed E-state index contributed by atoms with van der Waals surface area (Å²) in [4.78, 5) is 46.1. The maximum atomic E-state index is 11.6. The number of aliphatic hydroxyl groups is 4. The number of ether oxygens (including phenoxy) is 1. The van der Waals surface area contributed by atoms with Gasteiger partial charge in [0.25, 0.3) is 0 Å². The third kappa shape index (κ3) is 31.6. The fraction of sp³-hybridized carbons (Fsp3) is 0.800. The van der Waals surface area contributed by atoms with Crippen LogP contribution in [0.3, 0.4) is 0 Å². The molecule has 0 heterocycles. The van der Waals surface area contributed by atoms with Gasteiger partial charge in [-0.05, 0) is 6.92 Å². The highest BCUT2D eigenvalue weighted by Crippen LogP contribution is 1.96. The Morgan fingerprint density at radius 3 is 1.43 bits per heavy atom. The molecule has 7 N–H and O–H groups in total. The van der Waals surface area contributed by atoms with Gasteiger partial charge >= 0.3 is 23.9 Å². The molecule has 0 spiro atoms. The van der Waals surface area contributed by atoms with Crippen molar-refractivity contribution < 1.29 is 64.1 Å². The Labute approximate surface area is 204 Å². The van der Waals surface area contributed by atoms with Crippen LogP contribution in [0.1, 0.15) is 6.92 Å². The van der Waals surface area contributed by atoms with Gasteiger partial charge in [0.1, 0.15) is 19.3 Å². The fourth-order valence-electron chi connectivity index (χ4n) is 2.05. The number of carbonyl (C=O) groups excluding carboxylic acids is 1. The standard InChI is InChI=1S/C13H22N2O10.C5H14NO.C2H6O/c16-7-9(17)8-25-13(24)6-15(5-12(22)23)2-1-14(3-10(18)19)4-11(20)21;1-6(2,3)4-5-7;1-2-3/h9,16-17H,1-8H2,(H,18,19)(H,20,21)(H,22,23);7H,4-5H2,1-3H3;3H,2H2,1H3/q;+1;. The van der Waals surface area contributed by atoms with E-state index in [1.54, 1.807) is 6.92 Å². The molecule has 0 aromatic carbocycles. The molecule has 0 saturated carbocycles. The molecule has 15 nitrogen and oxygen atoms in total. The molecule has 0 aliphatic heterocycles. The van der Waals surface area contributed by atoms with Gasteiger partial charge in [-0.1, -0.05) is 0 Å². The second-order valence-electron chi connectivity index (χ2n) is 8.18. The van der Waals surface area contributed by atoms with Crippen molar-refractivity contribution in [3.63, 3.8) is 0 Å². The van der Waals surface area contributed by atoms with Crippen molar-refractivity contribution >= 4 is 23.9 Å². The largest absolute Gasteiger partial charge is 0.480 e. The normalized spacial score (nSPS) is 11.6. The van der Waals surface area contributed by atoms with E-state index in [0.29, 0.717) is 0 Å². The molecule has 1 atom stereocenters. The molecule has 0 saturated heterocycles. The van der Waals surface area contributed by atoms with Crippen molar-refractivity contribution in [1.29, 1.82) is 0 Å². The van der Waals surface area contributed by atoms with Crippen LogP contribution in [0, 0.1) is 0 Å². The number of quaternary nitrogens is 1. The Bertz CT molecular complexity index is 582. The van der Waals surface area contributed by atoms with Gasteiger partial charge in [0, 0.05) is 19.7 Å². The zero-order chi connectivity index (χ0) is 28.0. The van der Waals surface area contributed by atoms with Gasteiger partial charge in [-0.2, -0.15) is 0 Å². The van der Waals surface area contributed by atoms with Crippen LogP contribution >= 0.6 is 0 Å². The molecule has 35 heavy (non-hydrogen) atoms. The van der Waals surface area contributed by atoms with Crippen LogP contribution in [0.4, 0.5) is 0 Å². The van der Waals surface area contributed by atoms with E-state index in [9.17, 15) is 19.2 Å². The lowest BCUT2D eigenvalue weighted by Gasteiger charge is -2.24. The fourth-order valence-corrected chi connectivity index (χ4v) is 2.05. The minimum absolute atomic E-state index is 0.0927. The van der Waals surface area contributed by atoms with E-state index in [1.807, 2.05) is 0 Å². The van der Waals surface area contributed by atoms with Gasteiger partial charge in [-0.25, -0.2) is 0 Å². The van der Waals surface area contributed by atoms with Crippen LogP contribution < -0.4 is 0 Å². The van der Waals surface area contributed by atoms with Crippen molar-refractivity contribution in [2.24, 2.45) is 0 Å². The molecule has 0 bridgehead atoms. The molecular formula is C20H42N3O12+. The molecule has 0 aromatic rings. The van der Waals surface area contributed by atoms with Gasteiger partial charge < -0.3 is 45.0 Å². The van der Waals surface area contributed by atoms with Crippen LogP contribution in [0.2, 0.25) is 0 Å². The first kappa shape index (κ1) is 37.2. The summed E-state index contributed by atoms with van der Waals surface area (Å²) < 4.78 is 5.50. The Morgan fingerprint density at radius 2 is 1.17 bits per heavy atom. The van der Waals surface area contributed by atoms with Gasteiger partial charge in [0.15, 0.2) is 0 Å². The molecule has 1 unspecified atom stereocenters. The number of hydrogen-bond donors (Lipinski definition) is 7. The van der Waals surface area contributed by atoms with E-state index in [-0.39, 0.29) is 26.3 Å². The van der Waals surface area contributed by atoms with Gasteiger partial charge in [0.05, 0.1) is 60.5 Å². The van der Waals surface area contributed by atoms with Crippen LogP contribution in [0.5, 0.6) is 0 Å². The Morgan fingerprint density at radius 1 is 0.800 bits per heavy atom. The summed E-state index contributed by atoms with van der Waals surface area (Å²) in [7, 11) is 6.16. The first-order chi connectivity index (χ1) is 16.1. The Hall–Kier alpha value is -2.40. The monoisotopic (exact) mass is 516 g/mol. The number of carboxylic acids is 3. The van der Waals surface area contributed by atoms with E-state index < -0.39 is 69.4 Å². The molecule has 0 amide bonds. The highest BCUT2D eigenvalue weighted by atomic mass is 16.5. The lowest BCUT2D eigenvalue weighted by atomic mass is 10.3. The average Bonchev–Trinajstić information content (AvgIpc) is 2.69. The van der Waals surface area contributed by atoms with Crippen molar-refractivity contribution in [3.8, 4) is 0 Å². The lowest BCUT2D eigenvalue weighted by molar-refractivity contribution is -0.870. The minimum atomic E-state index is -1.25. The predicted molar refractivity (Wildman–Crippen MR) is 123 cm³/mol. The average molecular weight is 517 g/mol. The smallest absolute Gasteiger partial charge is 0.320 e. The first-order valence-corrected chi connectivity index (χ1v) is 10.7. The lowest BCUT2D eigenvalue weighted by Crippen LogP contribution is -2.43. The molecule has 208 valence electrons. The molecule has 15 heteroatoms. The molecular weight excluding hydrogens is 474 g/mol. The summed E-state index contributed by atoms with van der Waals surface area (Å²) in [6.07, 6.45) is -1.25. The molecule has 0 fully saturated rings. The summed E-state index contributed by atoms with van der Waals surface area (Å²) >= 11 is 0. The highest BCUT2D eigenvalue weighted by molar-refractivity contribution is 5.74. The van der Waals surface area contributed by atoms with Crippen LogP contribution in [-0.4, -0.2) is 173 Å². The maximum absolute atomic E-state index is 11.6.